The Morgan fingerprint density at radius 2 is 1.73 bits per heavy atom. The molecular formula is C16H15ClF3NO. The van der Waals surface area contributed by atoms with E-state index in [1.807, 2.05) is 30.3 Å². The van der Waals surface area contributed by atoms with Crippen LogP contribution in [0.3, 0.4) is 0 Å². The lowest BCUT2D eigenvalue weighted by Gasteiger charge is -2.21. The minimum Gasteiger partial charge on any atom is -0.391 e. The summed E-state index contributed by atoms with van der Waals surface area (Å²) in [6.45, 7) is 0. The smallest absolute Gasteiger partial charge is 0.391 e. The first kappa shape index (κ1) is 16.8. The lowest BCUT2D eigenvalue weighted by Crippen LogP contribution is -2.28. The summed E-state index contributed by atoms with van der Waals surface area (Å²) < 4.78 is 38.6. The molecule has 0 heterocycles. The normalized spacial score (nSPS) is 14.6. The van der Waals surface area contributed by atoms with Gasteiger partial charge in [-0.1, -0.05) is 48.0 Å². The Morgan fingerprint density at radius 3 is 2.32 bits per heavy atom. The van der Waals surface area contributed by atoms with E-state index in [9.17, 15) is 18.3 Å². The van der Waals surface area contributed by atoms with Gasteiger partial charge in [0.05, 0.1) is 22.7 Å². The average molecular weight is 330 g/mol. The summed E-state index contributed by atoms with van der Waals surface area (Å²) in [5.74, 6) is 0. The fraction of sp³-hybridized carbons (Fsp3) is 0.250. The lowest BCUT2D eigenvalue weighted by molar-refractivity contribution is -0.137. The van der Waals surface area contributed by atoms with Gasteiger partial charge in [-0.3, -0.25) is 0 Å². The highest BCUT2D eigenvalue weighted by atomic mass is 35.5. The van der Waals surface area contributed by atoms with Gasteiger partial charge < -0.3 is 10.8 Å². The van der Waals surface area contributed by atoms with Gasteiger partial charge in [0, 0.05) is 6.42 Å². The molecule has 0 saturated heterocycles. The third kappa shape index (κ3) is 4.00. The maximum absolute atomic E-state index is 12.9. The molecular weight excluding hydrogens is 315 g/mol. The van der Waals surface area contributed by atoms with Gasteiger partial charge in [-0.2, -0.15) is 13.2 Å². The number of nitrogens with two attached hydrogens (primary N) is 1. The number of benzene rings is 2. The second-order valence-corrected chi connectivity index (χ2v) is 5.43. The predicted molar refractivity (Wildman–Crippen MR) is 79.5 cm³/mol. The van der Waals surface area contributed by atoms with Gasteiger partial charge in [-0.25, -0.2) is 0 Å². The van der Waals surface area contributed by atoms with Crippen LogP contribution in [-0.2, 0) is 12.6 Å². The summed E-state index contributed by atoms with van der Waals surface area (Å²) in [5, 5.41) is 9.76. The fourth-order valence-corrected chi connectivity index (χ4v) is 2.40. The zero-order chi connectivity index (χ0) is 16.3. The standard InChI is InChI=1S/C16H15ClF3NO/c17-13-7-6-11(9-12(13)16(18,19)20)15(21)14(22)8-10-4-2-1-3-5-10/h1-7,9,14-15,22H,8,21H2/t14-,15+/m0/s1. The molecule has 0 fully saturated rings. The highest BCUT2D eigenvalue weighted by Crippen LogP contribution is 2.36. The van der Waals surface area contributed by atoms with Crippen molar-refractivity contribution in [3.8, 4) is 0 Å². The topological polar surface area (TPSA) is 46.2 Å². The Labute approximate surface area is 131 Å². The van der Waals surface area contributed by atoms with Crippen LogP contribution in [0.1, 0.15) is 22.7 Å². The predicted octanol–water partition coefficient (Wildman–Crippen LogP) is 3.96. The number of aliphatic hydroxyl groups excluding tert-OH is 1. The highest BCUT2D eigenvalue weighted by molar-refractivity contribution is 6.31. The number of hydrogen-bond acceptors (Lipinski definition) is 2. The monoisotopic (exact) mass is 329 g/mol. The van der Waals surface area contributed by atoms with E-state index in [1.165, 1.54) is 6.07 Å². The van der Waals surface area contributed by atoms with Crippen LogP contribution in [-0.4, -0.2) is 11.2 Å². The van der Waals surface area contributed by atoms with Crippen molar-refractivity contribution in [1.82, 2.24) is 0 Å². The van der Waals surface area contributed by atoms with Gasteiger partial charge in [-0.05, 0) is 23.3 Å². The van der Waals surface area contributed by atoms with Gasteiger partial charge >= 0.3 is 6.18 Å². The first-order valence-electron chi connectivity index (χ1n) is 6.63. The van der Waals surface area contributed by atoms with Crippen molar-refractivity contribution in [2.45, 2.75) is 24.7 Å². The van der Waals surface area contributed by atoms with Crippen molar-refractivity contribution in [3.05, 3.63) is 70.2 Å². The van der Waals surface area contributed by atoms with E-state index >= 15 is 0 Å². The van der Waals surface area contributed by atoms with Crippen molar-refractivity contribution < 1.29 is 18.3 Å². The molecule has 0 bridgehead atoms. The summed E-state index contributed by atoms with van der Waals surface area (Å²) in [6, 6.07) is 11.6. The largest absolute Gasteiger partial charge is 0.417 e. The molecule has 0 radical (unpaired) electrons. The zero-order valence-corrected chi connectivity index (χ0v) is 12.3. The summed E-state index contributed by atoms with van der Waals surface area (Å²) in [4.78, 5) is 0. The van der Waals surface area contributed by atoms with Crippen LogP contribution in [0.2, 0.25) is 5.02 Å². The van der Waals surface area contributed by atoms with Crippen molar-refractivity contribution in [2.75, 3.05) is 0 Å². The van der Waals surface area contributed by atoms with E-state index in [0.717, 1.165) is 17.7 Å². The quantitative estimate of drug-likeness (QED) is 0.891. The second kappa shape index (κ2) is 6.69. The molecule has 0 aliphatic rings. The Bertz CT molecular complexity index is 631. The Kier molecular flexibility index (Phi) is 5.11. The number of alkyl halides is 3. The lowest BCUT2D eigenvalue weighted by atomic mass is 9.95. The van der Waals surface area contributed by atoms with Crippen LogP contribution in [0.4, 0.5) is 13.2 Å². The third-order valence-corrected chi connectivity index (χ3v) is 3.71. The minimum absolute atomic E-state index is 0.195. The van der Waals surface area contributed by atoms with Crippen molar-refractivity contribution in [2.24, 2.45) is 5.73 Å². The van der Waals surface area contributed by atoms with Crippen LogP contribution in [0, 0.1) is 0 Å². The summed E-state index contributed by atoms with van der Waals surface area (Å²) >= 11 is 5.57. The summed E-state index contributed by atoms with van der Waals surface area (Å²) in [7, 11) is 0. The maximum atomic E-state index is 12.9. The van der Waals surface area contributed by atoms with Gasteiger partial charge in [0.2, 0.25) is 0 Å². The number of halogens is 4. The van der Waals surface area contributed by atoms with Crippen LogP contribution >= 0.6 is 11.6 Å². The molecule has 118 valence electrons. The van der Waals surface area contributed by atoms with Gasteiger partial charge in [-0.15, -0.1) is 0 Å². The summed E-state index contributed by atoms with van der Waals surface area (Å²) in [6.07, 6.45) is -5.30. The molecule has 0 spiro atoms. The third-order valence-electron chi connectivity index (χ3n) is 3.38. The Balaban J connectivity index is 2.20. The fourth-order valence-electron chi connectivity index (χ4n) is 2.17. The molecule has 0 aliphatic carbocycles. The van der Waals surface area contributed by atoms with E-state index in [0.29, 0.717) is 0 Å². The molecule has 2 aromatic rings. The molecule has 0 unspecified atom stereocenters. The van der Waals surface area contributed by atoms with Gasteiger partial charge in [0.15, 0.2) is 0 Å². The van der Waals surface area contributed by atoms with Crippen molar-refractivity contribution in [1.29, 1.82) is 0 Å². The summed E-state index contributed by atoms with van der Waals surface area (Å²) in [5.41, 5.74) is 5.99. The molecule has 6 heteroatoms. The van der Waals surface area contributed by atoms with Crippen LogP contribution in [0.15, 0.2) is 48.5 Å². The molecule has 0 saturated carbocycles. The highest BCUT2D eigenvalue weighted by Gasteiger charge is 2.34. The molecule has 22 heavy (non-hydrogen) atoms. The van der Waals surface area contributed by atoms with Crippen molar-refractivity contribution >= 4 is 11.6 Å². The van der Waals surface area contributed by atoms with E-state index in [2.05, 4.69) is 0 Å². The minimum atomic E-state index is -4.56. The number of aliphatic hydroxyl groups is 1. The molecule has 2 nitrogen and oxygen atoms in total. The van der Waals surface area contributed by atoms with E-state index < -0.39 is 23.9 Å². The number of hydrogen-bond donors (Lipinski definition) is 2. The van der Waals surface area contributed by atoms with Gasteiger partial charge in [0.25, 0.3) is 0 Å². The first-order valence-corrected chi connectivity index (χ1v) is 7.01. The maximum Gasteiger partial charge on any atom is 0.417 e. The molecule has 2 atom stereocenters. The SMILES string of the molecule is N[C@H](c1ccc(Cl)c(C(F)(F)F)c1)[C@@H](O)Cc1ccccc1. The van der Waals surface area contributed by atoms with Crippen LogP contribution in [0.5, 0.6) is 0 Å². The molecule has 2 aromatic carbocycles. The average Bonchev–Trinajstić information content (AvgIpc) is 2.47. The van der Waals surface area contributed by atoms with Crippen LogP contribution < -0.4 is 5.73 Å². The Hall–Kier alpha value is -1.56. The van der Waals surface area contributed by atoms with E-state index in [4.69, 9.17) is 17.3 Å². The molecule has 3 N–H and O–H groups in total. The van der Waals surface area contributed by atoms with Gasteiger partial charge in [0.1, 0.15) is 0 Å². The number of rotatable bonds is 4. The molecule has 0 aromatic heterocycles. The van der Waals surface area contributed by atoms with Crippen molar-refractivity contribution in [3.63, 3.8) is 0 Å². The Morgan fingerprint density at radius 1 is 1.09 bits per heavy atom. The van der Waals surface area contributed by atoms with E-state index in [1.54, 1.807) is 0 Å². The zero-order valence-electron chi connectivity index (χ0n) is 11.5. The first-order chi connectivity index (χ1) is 10.3. The second-order valence-electron chi connectivity index (χ2n) is 5.02. The molecule has 2 rings (SSSR count). The van der Waals surface area contributed by atoms with E-state index in [-0.39, 0.29) is 17.0 Å². The molecule has 0 amide bonds. The van der Waals surface area contributed by atoms with Crippen LogP contribution in [0.25, 0.3) is 0 Å². The molecule has 0 aliphatic heterocycles.